The molecule has 1 aliphatic rings. The summed E-state index contributed by atoms with van der Waals surface area (Å²) >= 11 is 13.6. The van der Waals surface area contributed by atoms with Gasteiger partial charge >= 0.3 is 0 Å². The van der Waals surface area contributed by atoms with Crippen molar-refractivity contribution in [3.63, 3.8) is 0 Å². The Balaban J connectivity index is 1.52. The maximum absolute atomic E-state index is 13.2. The minimum atomic E-state index is -0.199. The third-order valence-electron chi connectivity index (χ3n) is 5.10. The number of amides is 1. The van der Waals surface area contributed by atoms with Crippen LogP contribution in [0.3, 0.4) is 0 Å². The molecule has 0 bridgehead atoms. The fourth-order valence-electron chi connectivity index (χ4n) is 3.34. The maximum Gasteiger partial charge on any atom is 0.266 e. The first-order valence-electron chi connectivity index (χ1n) is 10.2. The summed E-state index contributed by atoms with van der Waals surface area (Å²) in [5.74, 6) is 0.960. The van der Waals surface area contributed by atoms with E-state index in [1.165, 1.54) is 11.3 Å². The molecule has 4 rings (SSSR count). The van der Waals surface area contributed by atoms with Crippen molar-refractivity contribution >= 4 is 55.8 Å². The molecule has 0 atom stereocenters. The molecule has 7 nitrogen and oxygen atoms in total. The largest absolute Gasteiger partial charge is 0.497 e. The van der Waals surface area contributed by atoms with E-state index in [1.54, 1.807) is 30.2 Å². The number of hydrogen-bond donors (Lipinski definition) is 0. The fourth-order valence-corrected chi connectivity index (χ4v) is 4.84. The molecular formula is C22H23Cl2N3O4S. The zero-order chi connectivity index (χ0) is 22.5. The van der Waals surface area contributed by atoms with Crippen molar-refractivity contribution in [3.05, 3.63) is 46.4 Å². The second-order valence-electron chi connectivity index (χ2n) is 7.19. The zero-order valence-corrected chi connectivity index (χ0v) is 19.9. The normalized spacial score (nSPS) is 14.5. The first kappa shape index (κ1) is 23.1. The van der Waals surface area contributed by atoms with E-state index in [-0.39, 0.29) is 12.5 Å². The molecule has 170 valence electrons. The molecule has 32 heavy (non-hydrogen) atoms. The smallest absolute Gasteiger partial charge is 0.266 e. The number of methoxy groups -OCH3 is 1. The number of morpholine rings is 1. The van der Waals surface area contributed by atoms with E-state index >= 15 is 0 Å². The van der Waals surface area contributed by atoms with Crippen molar-refractivity contribution < 1.29 is 19.0 Å². The molecule has 2 aromatic carbocycles. The van der Waals surface area contributed by atoms with Gasteiger partial charge in [0.15, 0.2) is 11.7 Å². The van der Waals surface area contributed by atoms with E-state index in [4.69, 9.17) is 37.4 Å². The summed E-state index contributed by atoms with van der Waals surface area (Å²) in [7, 11) is 1.63. The van der Waals surface area contributed by atoms with Crippen molar-refractivity contribution in [1.82, 2.24) is 9.88 Å². The molecule has 0 radical (unpaired) electrons. The molecule has 0 N–H and O–H groups in total. The summed E-state index contributed by atoms with van der Waals surface area (Å²) in [4.78, 5) is 21.8. The molecule has 1 aromatic heterocycles. The maximum atomic E-state index is 13.2. The van der Waals surface area contributed by atoms with Gasteiger partial charge in [-0.3, -0.25) is 14.6 Å². The first-order chi connectivity index (χ1) is 15.5. The number of fused-ring (bicyclic) bond motifs is 1. The SMILES string of the molecule is COc1ccc2nc(N(CCN3CCOCC3)C(=O)COc3ccc(Cl)cc3Cl)sc2c1. The Morgan fingerprint density at radius 3 is 2.78 bits per heavy atom. The van der Waals surface area contributed by atoms with Crippen molar-refractivity contribution in [1.29, 1.82) is 0 Å². The van der Waals surface area contributed by atoms with Gasteiger partial charge in [0.1, 0.15) is 11.5 Å². The monoisotopic (exact) mass is 495 g/mol. The molecular weight excluding hydrogens is 473 g/mol. The Labute approximate surface area is 200 Å². The van der Waals surface area contributed by atoms with Crippen LogP contribution in [0.25, 0.3) is 10.2 Å². The third kappa shape index (κ3) is 5.63. The van der Waals surface area contributed by atoms with Gasteiger partial charge < -0.3 is 14.2 Å². The molecule has 10 heteroatoms. The van der Waals surface area contributed by atoms with Crippen LogP contribution in [-0.4, -0.2) is 68.9 Å². The number of ether oxygens (including phenoxy) is 3. The molecule has 1 saturated heterocycles. The average Bonchev–Trinajstić information content (AvgIpc) is 3.22. The van der Waals surface area contributed by atoms with E-state index in [9.17, 15) is 4.79 Å². The minimum absolute atomic E-state index is 0.163. The summed E-state index contributed by atoms with van der Waals surface area (Å²) in [5, 5.41) is 1.49. The predicted molar refractivity (Wildman–Crippen MR) is 128 cm³/mol. The lowest BCUT2D eigenvalue weighted by Gasteiger charge is -2.29. The molecule has 1 fully saturated rings. The summed E-state index contributed by atoms with van der Waals surface area (Å²) in [6.45, 7) is 4.14. The van der Waals surface area contributed by atoms with Crippen molar-refractivity contribution in [2.75, 3.05) is 58.0 Å². The Hall–Kier alpha value is -2.10. The molecule has 0 spiro atoms. The van der Waals surface area contributed by atoms with Crippen molar-refractivity contribution in [2.45, 2.75) is 0 Å². The summed E-state index contributed by atoms with van der Waals surface area (Å²) < 4.78 is 17.4. The van der Waals surface area contributed by atoms with E-state index < -0.39 is 0 Å². The van der Waals surface area contributed by atoms with Gasteiger partial charge in [0.05, 0.1) is 35.6 Å². The Kier molecular flexibility index (Phi) is 7.70. The number of halogens is 2. The quantitative estimate of drug-likeness (QED) is 0.462. The second-order valence-corrected chi connectivity index (χ2v) is 9.05. The van der Waals surface area contributed by atoms with Gasteiger partial charge in [-0.15, -0.1) is 0 Å². The van der Waals surface area contributed by atoms with E-state index in [2.05, 4.69) is 9.88 Å². The van der Waals surface area contributed by atoms with Crippen LogP contribution in [0.15, 0.2) is 36.4 Å². The fraction of sp³-hybridized carbons (Fsp3) is 0.364. The van der Waals surface area contributed by atoms with Gasteiger partial charge in [0, 0.05) is 31.2 Å². The third-order valence-corrected chi connectivity index (χ3v) is 6.68. The van der Waals surface area contributed by atoms with E-state index in [0.717, 1.165) is 35.6 Å². The Morgan fingerprint density at radius 2 is 2.03 bits per heavy atom. The van der Waals surface area contributed by atoms with Crippen LogP contribution in [0.4, 0.5) is 5.13 Å². The summed E-state index contributed by atoms with van der Waals surface area (Å²) in [6.07, 6.45) is 0. The Morgan fingerprint density at radius 1 is 1.22 bits per heavy atom. The topological polar surface area (TPSA) is 64.1 Å². The second kappa shape index (κ2) is 10.7. The number of benzene rings is 2. The van der Waals surface area contributed by atoms with Crippen LogP contribution >= 0.6 is 34.5 Å². The number of aromatic nitrogens is 1. The van der Waals surface area contributed by atoms with Crippen LogP contribution < -0.4 is 14.4 Å². The van der Waals surface area contributed by atoms with Crippen LogP contribution in [0.5, 0.6) is 11.5 Å². The highest BCUT2D eigenvalue weighted by Gasteiger charge is 2.22. The molecule has 1 aliphatic heterocycles. The van der Waals surface area contributed by atoms with Gasteiger partial charge in [-0.1, -0.05) is 34.5 Å². The standard InChI is InChI=1S/C22H23Cl2N3O4S/c1-29-16-3-4-18-20(13-16)32-22(25-18)27(7-6-26-8-10-30-11-9-26)21(28)14-31-19-5-2-15(23)12-17(19)24/h2-5,12-13H,6-11,14H2,1H3. The van der Waals surface area contributed by atoms with Crippen molar-refractivity contribution in [2.24, 2.45) is 0 Å². The first-order valence-corrected chi connectivity index (χ1v) is 11.7. The van der Waals surface area contributed by atoms with E-state index in [0.29, 0.717) is 40.7 Å². The number of carbonyl (C=O) groups is 1. The lowest BCUT2D eigenvalue weighted by Crippen LogP contribution is -2.44. The van der Waals surface area contributed by atoms with Crippen LogP contribution in [0, 0.1) is 0 Å². The highest BCUT2D eigenvalue weighted by molar-refractivity contribution is 7.22. The predicted octanol–water partition coefficient (Wildman–Crippen LogP) is 4.36. The summed E-state index contributed by atoms with van der Waals surface area (Å²) in [5.41, 5.74) is 0.816. The van der Waals surface area contributed by atoms with Crippen LogP contribution in [0.2, 0.25) is 10.0 Å². The Bertz CT molecular complexity index is 1090. The number of carbonyl (C=O) groups excluding carboxylic acids is 1. The molecule has 0 unspecified atom stereocenters. The lowest BCUT2D eigenvalue weighted by molar-refractivity contribution is -0.120. The lowest BCUT2D eigenvalue weighted by atomic mass is 10.3. The number of hydrogen-bond acceptors (Lipinski definition) is 7. The van der Waals surface area contributed by atoms with Gasteiger partial charge in [0.25, 0.3) is 5.91 Å². The van der Waals surface area contributed by atoms with E-state index in [1.807, 2.05) is 18.2 Å². The highest BCUT2D eigenvalue weighted by atomic mass is 35.5. The molecule has 0 saturated carbocycles. The summed E-state index contributed by atoms with van der Waals surface area (Å²) in [6, 6.07) is 10.6. The van der Waals surface area contributed by atoms with Gasteiger partial charge in [-0.25, -0.2) is 4.98 Å². The molecule has 0 aliphatic carbocycles. The van der Waals surface area contributed by atoms with Crippen molar-refractivity contribution in [3.8, 4) is 11.5 Å². The highest BCUT2D eigenvalue weighted by Crippen LogP contribution is 2.32. The number of nitrogens with zero attached hydrogens (tertiary/aromatic N) is 3. The molecule has 1 amide bonds. The van der Waals surface area contributed by atoms with Gasteiger partial charge in [0.2, 0.25) is 0 Å². The average molecular weight is 496 g/mol. The minimum Gasteiger partial charge on any atom is -0.497 e. The van der Waals surface area contributed by atoms with Gasteiger partial charge in [-0.05, 0) is 36.4 Å². The molecule has 3 aromatic rings. The van der Waals surface area contributed by atoms with Gasteiger partial charge in [-0.2, -0.15) is 0 Å². The number of rotatable bonds is 8. The number of thiazole rings is 1. The number of anilines is 1. The van der Waals surface area contributed by atoms with Crippen LogP contribution in [-0.2, 0) is 9.53 Å². The zero-order valence-electron chi connectivity index (χ0n) is 17.6. The van der Waals surface area contributed by atoms with Crippen LogP contribution in [0.1, 0.15) is 0 Å². The molecule has 2 heterocycles.